The van der Waals surface area contributed by atoms with Crippen molar-refractivity contribution in [3.05, 3.63) is 106 Å². The molecule has 1 amide bonds. The maximum absolute atomic E-state index is 12.2. The number of hydrazone groups is 1. The first-order chi connectivity index (χ1) is 17.5. The fraction of sp³-hybridized carbons (Fsp3) is 0.111. The van der Waals surface area contributed by atoms with Crippen molar-refractivity contribution in [1.82, 2.24) is 5.43 Å². The average molecular weight is 485 g/mol. The summed E-state index contributed by atoms with van der Waals surface area (Å²) in [5.41, 5.74) is 4.83. The van der Waals surface area contributed by atoms with E-state index in [9.17, 15) is 14.9 Å². The Kier molecular flexibility index (Phi) is 7.72. The van der Waals surface area contributed by atoms with Crippen molar-refractivity contribution >= 4 is 34.3 Å². The molecule has 36 heavy (non-hydrogen) atoms. The molecular weight excluding hydrogens is 460 g/mol. The largest absolute Gasteiger partial charge is 0.493 e. The molecule has 0 unspecified atom stereocenters. The van der Waals surface area contributed by atoms with Gasteiger partial charge in [0.1, 0.15) is 6.61 Å². The SMILES string of the molecule is COc1ccc(/C=N\NC(=O)CNc2ccc3ccccc3c2)cc1OCc1ccc([N+](=O)[O-])cc1. The molecule has 182 valence electrons. The summed E-state index contributed by atoms with van der Waals surface area (Å²) in [6, 6.07) is 25.3. The quantitative estimate of drug-likeness (QED) is 0.188. The molecule has 0 aromatic heterocycles. The summed E-state index contributed by atoms with van der Waals surface area (Å²) in [6.07, 6.45) is 1.51. The van der Waals surface area contributed by atoms with Crippen molar-refractivity contribution in [3.63, 3.8) is 0 Å². The third-order valence-electron chi connectivity index (χ3n) is 5.33. The van der Waals surface area contributed by atoms with Crippen molar-refractivity contribution < 1.29 is 19.2 Å². The molecule has 0 saturated carbocycles. The zero-order valence-corrected chi connectivity index (χ0v) is 19.5. The first kappa shape index (κ1) is 24.2. The Bertz CT molecular complexity index is 1400. The number of amides is 1. The fourth-order valence-electron chi connectivity index (χ4n) is 3.46. The van der Waals surface area contributed by atoms with Gasteiger partial charge in [-0.25, -0.2) is 5.43 Å². The summed E-state index contributed by atoms with van der Waals surface area (Å²) in [5, 5.41) is 20.1. The summed E-state index contributed by atoms with van der Waals surface area (Å²) in [5.74, 6) is 0.712. The first-order valence-corrected chi connectivity index (χ1v) is 11.1. The van der Waals surface area contributed by atoms with Crippen LogP contribution in [0, 0.1) is 10.1 Å². The molecule has 9 nitrogen and oxygen atoms in total. The molecule has 4 rings (SSSR count). The predicted molar refractivity (Wildman–Crippen MR) is 139 cm³/mol. The third-order valence-corrected chi connectivity index (χ3v) is 5.33. The predicted octanol–water partition coefficient (Wildman–Crippen LogP) is 4.90. The van der Waals surface area contributed by atoms with Crippen LogP contribution in [0.4, 0.5) is 11.4 Å². The van der Waals surface area contributed by atoms with E-state index in [0.717, 1.165) is 22.0 Å². The number of ether oxygens (including phenoxy) is 2. The lowest BCUT2D eigenvalue weighted by Crippen LogP contribution is -2.25. The summed E-state index contributed by atoms with van der Waals surface area (Å²) >= 11 is 0. The Balaban J connectivity index is 1.31. The van der Waals surface area contributed by atoms with Gasteiger partial charge in [-0.1, -0.05) is 30.3 Å². The summed E-state index contributed by atoms with van der Waals surface area (Å²) in [6.45, 7) is 0.272. The van der Waals surface area contributed by atoms with Crippen molar-refractivity contribution in [3.8, 4) is 11.5 Å². The van der Waals surface area contributed by atoms with Crippen molar-refractivity contribution in [2.75, 3.05) is 19.0 Å². The number of carbonyl (C=O) groups excluding carboxylic acids is 1. The number of anilines is 1. The second-order valence-electron chi connectivity index (χ2n) is 7.83. The standard InChI is InChI=1S/C27H24N4O5/c1-35-25-13-8-20(14-26(25)36-18-19-6-11-24(12-7-19)31(33)34)16-29-30-27(32)17-28-23-10-9-21-4-2-3-5-22(21)15-23/h2-16,28H,17-18H2,1H3,(H,30,32)/b29-16-. The van der Waals surface area contributed by atoms with E-state index in [2.05, 4.69) is 15.8 Å². The third kappa shape index (κ3) is 6.35. The molecule has 0 aliphatic rings. The molecule has 0 bridgehead atoms. The van der Waals surface area contributed by atoms with E-state index in [1.165, 1.54) is 25.5 Å². The normalized spacial score (nSPS) is 10.8. The highest BCUT2D eigenvalue weighted by molar-refractivity contribution is 5.87. The lowest BCUT2D eigenvalue weighted by molar-refractivity contribution is -0.384. The van der Waals surface area contributed by atoms with Crippen molar-refractivity contribution in [2.24, 2.45) is 5.10 Å². The summed E-state index contributed by atoms with van der Waals surface area (Å²) in [4.78, 5) is 22.5. The lowest BCUT2D eigenvalue weighted by atomic mass is 10.1. The minimum atomic E-state index is -0.450. The van der Waals surface area contributed by atoms with Gasteiger partial charge >= 0.3 is 0 Å². The van der Waals surface area contributed by atoms with Crippen LogP contribution >= 0.6 is 0 Å². The summed E-state index contributed by atoms with van der Waals surface area (Å²) in [7, 11) is 1.53. The molecule has 9 heteroatoms. The molecular formula is C27H24N4O5. The minimum absolute atomic E-state index is 0.0176. The van der Waals surface area contributed by atoms with Crippen LogP contribution in [-0.2, 0) is 11.4 Å². The molecule has 0 heterocycles. The maximum atomic E-state index is 12.2. The minimum Gasteiger partial charge on any atom is -0.493 e. The van der Waals surface area contributed by atoms with E-state index in [-0.39, 0.29) is 24.7 Å². The van der Waals surface area contributed by atoms with Gasteiger partial charge in [0.25, 0.3) is 11.6 Å². The average Bonchev–Trinajstić information content (AvgIpc) is 2.91. The number of carbonyl (C=O) groups is 1. The van der Waals surface area contributed by atoms with Gasteiger partial charge in [0.2, 0.25) is 0 Å². The second-order valence-corrected chi connectivity index (χ2v) is 7.83. The number of non-ortho nitro benzene ring substituents is 1. The Hall–Kier alpha value is -4.92. The number of hydrogen-bond donors (Lipinski definition) is 2. The number of methoxy groups -OCH3 is 1. The van der Waals surface area contributed by atoms with Crippen LogP contribution in [0.3, 0.4) is 0 Å². The molecule has 4 aromatic rings. The Morgan fingerprint density at radius 2 is 1.75 bits per heavy atom. The van der Waals surface area contributed by atoms with E-state index in [0.29, 0.717) is 17.1 Å². The number of hydrogen-bond acceptors (Lipinski definition) is 7. The van der Waals surface area contributed by atoms with Crippen LogP contribution in [0.15, 0.2) is 90.0 Å². The maximum Gasteiger partial charge on any atom is 0.269 e. The molecule has 0 atom stereocenters. The summed E-state index contributed by atoms with van der Waals surface area (Å²) < 4.78 is 11.2. The van der Waals surface area contributed by atoms with Crippen molar-refractivity contribution in [2.45, 2.75) is 6.61 Å². The Labute approximate surface area is 207 Å². The lowest BCUT2D eigenvalue weighted by Gasteiger charge is -2.11. The van der Waals surface area contributed by atoms with Crippen LogP contribution < -0.4 is 20.2 Å². The monoisotopic (exact) mass is 484 g/mol. The van der Waals surface area contributed by atoms with E-state index in [4.69, 9.17) is 9.47 Å². The highest BCUT2D eigenvalue weighted by atomic mass is 16.6. The number of rotatable bonds is 10. The number of nitrogens with zero attached hydrogens (tertiary/aromatic N) is 2. The number of fused-ring (bicyclic) bond motifs is 1. The van der Waals surface area contributed by atoms with Gasteiger partial charge < -0.3 is 14.8 Å². The molecule has 0 spiro atoms. The van der Waals surface area contributed by atoms with Gasteiger partial charge in [-0.3, -0.25) is 14.9 Å². The number of nitro groups is 1. The number of nitrogens with one attached hydrogen (secondary N) is 2. The van der Waals surface area contributed by atoms with Crippen LogP contribution in [0.25, 0.3) is 10.8 Å². The fourth-order valence-corrected chi connectivity index (χ4v) is 3.46. The topological polar surface area (TPSA) is 115 Å². The van der Waals surface area contributed by atoms with E-state index >= 15 is 0 Å². The molecule has 0 fully saturated rings. The van der Waals surface area contributed by atoms with Gasteiger partial charge in [0.05, 0.1) is 24.8 Å². The molecule has 0 saturated heterocycles. The van der Waals surface area contributed by atoms with Gasteiger partial charge in [-0.05, 0) is 64.4 Å². The zero-order valence-electron chi connectivity index (χ0n) is 19.5. The zero-order chi connectivity index (χ0) is 25.3. The highest BCUT2D eigenvalue weighted by Crippen LogP contribution is 2.28. The Morgan fingerprint density at radius 3 is 2.50 bits per heavy atom. The van der Waals surface area contributed by atoms with Gasteiger partial charge in [0.15, 0.2) is 11.5 Å². The molecule has 0 aliphatic carbocycles. The molecule has 0 radical (unpaired) electrons. The van der Waals surface area contributed by atoms with Crippen LogP contribution in [0.2, 0.25) is 0 Å². The second kappa shape index (κ2) is 11.5. The van der Waals surface area contributed by atoms with Gasteiger partial charge in [-0.2, -0.15) is 5.10 Å². The number of benzene rings is 4. The first-order valence-electron chi connectivity index (χ1n) is 11.1. The van der Waals surface area contributed by atoms with E-state index in [1.807, 2.05) is 42.5 Å². The van der Waals surface area contributed by atoms with E-state index < -0.39 is 4.92 Å². The van der Waals surface area contributed by atoms with E-state index in [1.54, 1.807) is 30.3 Å². The molecule has 4 aromatic carbocycles. The van der Waals surface area contributed by atoms with Gasteiger partial charge in [0, 0.05) is 17.8 Å². The smallest absolute Gasteiger partial charge is 0.269 e. The number of nitro benzene ring substituents is 1. The van der Waals surface area contributed by atoms with Gasteiger partial charge in [-0.15, -0.1) is 0 Å². The highest BCUT2D eigenvalue weighted by Gasteiger charge is 2.08. The Morgan fingerprint density at radius 1 is 0.972 bits per heavy atom. The van der Waals surface area contributed by atoms with Crippen LogP contribution in [0.1, 0.15) is 11.1 Å². The van der Waals surface area contributed by atoms with Crippen LogP contribution in [-0.4, -0.2) is 30.7 Å². The van der Waals surface area contributed by atoms with Crippen LogP contribution in [0.5, 0.6) is 11.5 Å². The molecule has 0 aliphatic heterocycles. The molecule has 2 N–H and O–H groups in total. The van der Waals surface area contributed by atoms with Crippen molar-refractivity contribution in [1.29, 1.82) is 0 Å².